The largest absolute Gasteiger partial charge is 0.398 e. The molecule has 2 rings (SSSR count). The highest BCUT2D eigenvalue weighted by molar-refractivity contribution is 5.99. The van der Waals surface area contributed by atoms with Crippen LogP contribution in [0.4, 0.5) is 10.1 Å². The average Bonchev–Trinajstić information content (AvgIpc) is 2.37. The molecule has 0 spiro atoms. The highest BCUT2D eigenvalue weighted by Gasteiger charge is 2.28. The van der Waals surface area contributed by atoms with Gasteiger partial charge < -0.3 is 10.6 Å². The second kappa shape index (κ2) is 5.40. The maximum absolute atomic E-state index is 13.0. The Morgan fingerprint density at radius 1 is 1.20 bits per heavy atom. The number of halogens is 1. The van der Waals surface area contributed by atoms with Crippen molar-refractivity contribution in [2.75, 3.05) is 31.9 Å². The van der Waals surface area contributed by atoms with Crippen molar-refractivity contribution in [2.45, 2.75) is 26.3 Å². The SMILES string of the molecule is CC(C)(C)N1CCN(C(=O)c2ccc(F)cc2N)CC1. The molecule has 0 radical (unpaired) electrons. The van der Waals surface area contributed by atoms with E-state index >= 15 is 0 Å². The summed E-state index contributed by atoms with van der Waals surface area (Å²) in [6, 6.07) is 3.93. The van der Waals surface area contributed by atoms with Crippen molar-refractivity contribution in [3.63, 3.8) is 0 Å². The summed E-state index contributed by atoms with van der Waals surface area (Å²) in [7, 11) is 0. The molecule has 1 aromatic carbocycles. The zero-order valence-corrected chi connectivity index (χ0v) is 12.3. The summed E-state index contributed by atoms with van der Waals surface area (Å²) in [4.78, 5) is 16.5. The van der Waals surface area contributed by atoms with Crippen molar-refractivity contribution in [3.05, 3.63) is 29.6 Å². The minimum absolute atomic E-state index is 0.115. The Hall–Kier alpha value is -1.62. The van der Waals surface area contributed by atoms with Crippen LogP contribution in [0.15, 0.2) is 18.2 Å². The van der Waals surface area contributed by atoms with Crippen LogP contribution in [0.2, 0.25) is 0 Å². The molecule has 0 saturated carbocycles. The van der Waals surface area contributed by atoms with Gasteiger partial charge in [0.1, 0.15) is 5.82 Å². The Kier molecular flexibility index (Phi) is 3.99. The molecule has 1 fully saturated rings. The number of carbonyl (C=O) groups excluding carboxylic acids is 1. The summed E-state index contributed by atoms with van der Waals surface area (Å²) >= 11 is 0. The van der Waals surface area contributed by atoms with E-state index in [0.717, 1.165) is 13.1 Å². The third-order valence-corrected chi connectivity index (χ3v) is 3.76. The predicted molar refractivity (Wildman–Crippen MR) is 78.0 cm³/mol. The maximum Gasteiger partial charge on any atom is 0.256 e. The second-order valence-electron chi connectivity index (χ2n) is 6.18. The van der Waals surface area contributed by atoms with Crippen LogP contribution in [0.5, 0.6) is 0 Å². The van der Waals surface area contributed by atoms with Crippen LogP contribution in [0, 0.1) is 5.82 Å². The first-order valence-corrected chi connectivity index (χ1v) is 6.88. The van der Waals surface area contributed by atoms with Gasteiger partial charge in [-0.1, -0.05) is 0 Å². The molecule has 1 amide bonds. The van der Waals surface area contributed by atoms with Crippen molar-refractivity contribution in [3.8, 4) is 0 Å². The van der Waals surface area contributed by atoms with Gasteiger partial charge in [0.05, 0.1) is 5.56 Å². The smallest absolute Gasteiger partial charge is 0.256 e. The van der Waals surface area contributed by atoms with Crippen LogP contribution in [0.3, 0.4) is 0 Å². The molecule has 1 aromatic rings. The number of rotatable bonds is 1. The first-order valence-electron chi connectivity index (χ1n) is 6.88. The maximum atomic E-state index is 13.0. The van der Waals surface area contributed by atoms with E-state index in [9.17, 15) is 9.18 Å². The highest BCUT2D eigenvalue weighted by Crippen LogP contribution is 2.19. The van der Waals surface area contributed by atoms with Gasteiger partial charge in [0.2, 0.25) is 0 Å². The molecular weight excluding hydrogens is 257 g/mol. The Labute approximate surface area is 119 Å². The molecule has 1 saturated heterocycles. The van der Waals surface area contributed by atoms with Crippen LogP contribution < -0.4 is 5.73 Å². The standard InChI is InChI=1S/C15H22FN3O/c1-15(2,3)19-8-6-18(7-9-19)14(20)12-5-4-11(16)10-13(12)17/h4-5,10H,6-9,17H2,1-3H3. The molecule has 1 aliphatic rings. The summed E-state index contributed by atoms with van der Waals surface area (Å²) in [5, 5.41) is 0. The topological polar surface area (TPSA) is 49.6 Å². The summed E-state index contributed by atoms with van der Waals surface area (Å²) in [6.45, 7) is 9.54. The lowest BCUT2D eigenvalue weighted by molar-refractivity contribution is 0.0452. The molecule has 2 N–H and O–H groups in total. The van der Waals surface area contributed by atoms with E-state index in [1.807, 2.05) is 0 Å². The van der Waals surface area contributed by atoms with Gasteiger partial charge in [-0.15, -0.1) is 0 Å². The lowest BCUT2D eigenvalue weighted by atomic mass is 10.0. The third kappa shape index (κ3) is 3.10. The summed E-state index contributed by atoms with van der Waals surface area (Å²) in [5.41, 5.74) is 6.43. The summed E-state index contributed by atoms with van der Waals surface area (Å²) in [6.07, 6.45) is 0. The number of benzene rings is 1. The Bertz CT molecular complexity index is 502. The van der Waals surface area contributed by atoms with Gasteiger partial charge in [0.15, 0.2) is 0 Å². The molecule has 1 heterocycles. The fourth-order valence-electron chi connectivity index (χ4n) is 2.48. The van der Waals surface area contributed by atoms with Crippen molar-refractivity contribution in [1.82, 2.24) is 9.80 Å². The van der Waals surface area contributed by atoms with Gasteiger partial charge >= 0.3 is 0 Å². The minimum Gasteiger partial charge on any atom is -0.398 e. The molecule has 5 heteroatoms. The van der Waals surface area contributed by atoms with Crippen molar-refractivity contribution < 1.29 is 9.18 Å². The number of nitrogen functional groups attached to an aromatic ring is 1. The van der Waals surface area contributed by atoms with Crippen LogP contribution in [0.1, 0.15) is 31.1 Å². The van der Waals surface area contributed by atoms with E-state index < -0.39 is 5.82 Å². The van der Waals surface area contributed by atoms with Crippen molar-refractivity contribution in [2.24, 2.45) is 0 Å². The lowest BCUT2D eigenvalue weighted by Gasteiger charge is -2.42. The average molecular weight is 279 g/mol. The number of nitrogens with two attached hydrogens (primary N) is 1. The molecule has 0 aliphatic carbocycles. The van der Waals surface area contributed by atoms with Crippen LogP contribution in [-0.2, 0) is 0 Å². The molecule has 20 heavy (non-hydrogen) atoms. The van der Waals surface area contributed by atoms with Gasteiger partial charge in [0.25, 0.3) is 5.91 Å². The predicted octanol–water partition coefficient (Wildman–Crippen LogP) is 1.96. The first kappa shape index (κ1) is 14.8. The van der Waals surface area contributed by atoms with E-state index in [0.29, 0.717) is 18.7 Å². The Morgan fingerprint density at radius 2 is 1.80 bits per heavy atom. The molecule has 4 nitrogen and oxygen atoms in total. The van der Waals surface area contributed by atoms with Crippen molar-refractivity contribution >= 4 is 11.6 Å². The van der Waals surface area contributed by atoms with E-state index in [2.05, 4.69) is 25.7 Å². The normalized spacial score (nSPS) is 17.3. The number of amides is 1. The van der Waals surface area contributed by atoms with Gasteiger partial charge in [-0.25, -0.2) is 4.39 Å². The van der Waals surface area contributed by atoms with Gasteiger partial charge in [-0.3, -0.25) is 9.69 Å². The molecular formula is C15H22FN3O. The monoisotopic (exact) mass is 279 g/mol. The van der Waals surface area contributed by atoms with Gasteiger partial charge in [0, 0.05) is 37.4 Å². The van der Waals surface area contributed by atoms with Crippen LogP contribution >= 0.6 is 0 Å². The quantitative estimate of drug-likeness (QED) is 0.800. The fraction of sp³-hybridized carbons (Fsp3) is 0.533. The number of carbonyl (C=O) groups is 1. The lowest BCUT2D eigenvalue weighted by Crippen LogP contribution is -2.54. The fourth-order valence-corrected chi connectivity index (χ4v) is 2.48. The van der Waals surface area contributed by atoms with Crippen LogP contribution in [-0.4, -0.2) is 47.4 Å². The number of nitrogens with zero attached hydrogens (tertiary/aromatic N) is 2. The zero-order valence-electron chi connectivity index (χ0n) is 12.3. The number of hydrogen-bond acceptors (Lipinski definition) is 3. The number of anilines is 1. The molecule has 0 bridgehead atoms. The molecule has 1 aliphatic heterocycles. The van der Waals surface area contributed by atoms with E-state index in [-0.39, 0.29) is 17.1 Å². The summed E-state index contributed by atoms with van der Waals surface area (Å²) in [5.74, 6) is -0.535. The molecule has 0 aromatic heterocycles. The minimum atomic E-state index is -0.420. The molecule has 0 unspecified atom stereocenters. The Morgan fingerprint density at radius 3 is 2.30 bits per heavy atom. The van der Waals surface area contributed by atoms with E-state index in [4.69, 9.17) is 5.73 Å². The first-order chi connectivity index (χ1) is 9.29. The Balaban J connectivity index is 2.05. The van der Waals surface area contributed by atoms with Crippen molar-refractivity contribution in [1.29, 1.82) is 0 Å². The van der Waals surface area contributed by atoms with E-state index in [1.54, 1.807) is 4.90 Å². The third-order valence-electron chi connectivity index (χ3n) is 3.76. The molecule has 0 atom stereocenters. The van der Waals surface area contributed by atoms with E-state index in [1.165, 1.54) is 18.2 Å². The second-order valence-corrected chi connectivity index (χ2v) is 6.18. The highest BCUT2D eigenvalue weighted by atomic mass is 19.1. The van der Waals surface area contributed by atoms with Crippen LogP contribution in [0.25, 0.3) is 0 Å². The zero-order chi connectivity index (χ0) is 14.9. The molecule has 110 valence electrons. The van der Waals surface area contributed by atoms with Gasteiger partial charge in [-0.05, 0) is 39.0 Å². The summed E-state index contributed by atoms with van der Waals surface area (Å²) < 4.78 is 13.0. The number of piperazine rings is 1. The number of hydrogen-bond donors (Lipinski definition) is 1. The van der Waals surface area contributed by atoms with Gasteiger partial charge in [-0.2, -0.15) is 0 Å².